The average Bonchev–Trinajstić information content (AvgIpc) is 2.19. The highest BCUT2D eigenvalue weighted by Crippen LogP contribution is 2.33. The van der Waals surface area contributed by atoms with E-state index in [4.69, 9.17) is 0 Å². The molecule has 0 aromatic carbocycles. The van der Waals surface area contributed by atoms with Crippen LogP contribution in [0, 0.1) is 11.8 Å². The van der Waals surface area contributed by atoms with Gasteiger partial charge in [0.15, 0.2) is 0 Å². The summed E-state index contributed by atoms with van der Waals surface area (Å²) in [4.78, 5) is 0. The predicted molar refractivity (Wildman–Crippen MR) is 53.8 cm³/mol. The molecule has 3 unspecified atom stereocenters. The molecule has 3 atom stereocenters. The molecule has 1 N–H and O–H groups in total. The van der Waals surface area contributed by atoms with Crippen molar-refractivity contribution in [2.24, 2.45) is 11.8 Å². The van der Waals surface area contributed by atoms with Crippen molar-refractivity contribution in [2.45, 2.75) is 51.5 Å². The standard InChI is InChI=1S/C11H19F3O2/c1-2-8-3-4-10(15)9(7-8)5-6-16-11(12,13)14/h8-10,15H,2-7H2,1H3. The molecule has 0 amide bonds. The highest BCUT2D eigenvalue weighted by Gasteiger charge is 2.32. The van der Waals surface area contributed by atoms with Crippen LogP contribution in [-0.4, -0.2) is 24.2 Å². The fourth-order valence-corrected chi connectivity index (χ4v) is 2.35. The lowest BCUT2D eigenvalue weighted by molar-refractivity contribution is -0.325. The third-order valence-corrected chi connectivity index (χ3v) is 3.38. The van der Waals surface area contributed by atoms with Crippen LogP contribution in [0.5, 0.6) is 0 Å². The topological polar surface area (TPSA) is 29.5 Å². The van der Waals surface area contributed by atoms with Gasteiger partial charge in [0.05, 0.1) is 12.7 Å². The van der Waals surface area contributed by atoms with Gasteiger partial charge >= 0.3 is 6.36 Å². The van der Waals surface area contributed by atoms with E-state index in [0.717, 1.165) is 19.3 Å². The van der Waals surface area contributed by atoms with Gasteiger partial charge < -0.3 is 5.11 Å². The number of hydrogen-bond donors (Lipinski definition) is 1. The normalized spacial score (nSPS) is 31.7. The maximum Gasteiger partial charge on any atom is 0.522 e. The minimum Gasteiger partial charge on any atom is -0.393 e. The second kappa shape index (κ2) is 5.87. The number of alkyl halides is 3. The highest BCUT2D eigenvalue weighted by molar-refractivity contribution is 4.79. The zero-order valence-electron chi connectivity index (χ0n) is 9.46. The van der Waals surface area contributed by atoms with Crippen molar-refractivity contribution in [3.05, 3.63) is 0 Å². The monoisotopic (exact) mass is 240 g/mol. The Morgan fingerprint density at radius 2 is 2.00 bits per heavy atom. The van der Waals surface area contributed by atoms with Crippen molar-refractivity contribution in [1.82, 2.24) is 0 Å². The van der Waals surface area contributed by atoms with E-state index in [0.29, 0.717) is 12.3 Å². The molecule has 1 fully saturated rings. The van der Waals surface area contributed by atoms with Crippen molar-refractivity contribution < 1.29 is 23.0 Å². The molecular formula is C11H19F3O2. The zero-order valence-corrected chi connectivity index (χ0v) is 9.46. The van der Waals surface area contributed by atoms with Gasteiger partial charge in [-0.2, -0.15) is 0 Å². The van der Waals surface area contributed by atoms with Crippen molar-refractivity contribution in [2.75, 3.05) is 6.61 Å². The molecule has 2 nitrogen and oxygen atoms in total. The van der Waals surface area contributed by atoms with Crippen molar-refractivity contribution in [3.63, 3.8) is 0 Å². The Bertz CT molecular complexity index is 206. The molecule has 0 heterocycles. The van der Waals surface area contributed by atoms with E-state index < -0.39 is 12.5 Å². The summed E-state index contributed by atoms with van der Waals surface area (Å²) in [6, 6.07) is 0. The Morgan fingerprint density at radius 3 is 2.56 bits per heavy atom. The third-order valence-electron chi connectivity index (χ3n) is 3.38. The first-order chi connectivity index (χ1) is 7.42. The van der Waals surface area contributed by atoms with Gasteiger partial charge in [0.2, 0.25) is 0 Å². The van der Waals surface area contributed by atoms with Crippen LogP contribution in [0.2, 0.25) is 0 Å². The lowest BCUT2D eigenvalue weighted by Crippen LogP contribution is -2.30. The molecule has 1 saturated carbocycles. The molecule has 0 aromatic heterocycles. The fourth-order valence-electron chi connectivity index (χ4n) is 2.35. The molecule has 5 heteroatoms. The molecule has 96 valence electrons. The average molecular weight is 240 g/mol. The van der Waals surface area contributed by atoms with E-state index in [9.17, 15) is 18.3 Å². The van der Waals surface area contributed by atoms with E-state index in [-0.39, 0.29) is 18.9 Å². The van der Waals surface area contributed by atoms with Crippen LogP contribution >= 0.6 is 0 Å². The second-order valence-electron chi connectivity index (χ2n) is 4.50. The first-order valence-electron chi connectivity index (χ1n) is 5.81. The number of ether oxygens (including phenoxy) is 1. The van der Waals surface area contributed by atoms with Crippen LogP contribution in [-0.2, 0) is 4.74 Å². The van der Waals surface area contributed by atoms with Crippen LogP contribution in [0.3, 0.4) is 0 Å². The molecule has 1 rings (SSSR count). The maximum absolute atomic E-state index is 11.8. The number of rotatable bonds is 4. The number of hydrogen-bond acceptors (Lipinski definition) is 2. The van der Waals surface area contributed by atoms with Gasteiger partial charge in [-0.05, 0) is 37.5 Å². The number of aliphatic hydroxyl groups excluding tert-OH is 1. The summed E-state index contributed by atoms with van der Waals surface area (Å²) in [7, 11) is 0. The SMILES string of the molecule is CCC1CCC(O)C(CCOC(F)(F)F)C1. The molecule has 0 radical (unpaired) electrons. The van der Waals surface area contributed by atoms with Crippen molar-refractivity contribution in [3.8, 4) is 0 Å². The summed E-state index contributed by atoms with van der Waals surface area (Å²) < 4.78 is 39.0. The van der Waals surface area contributed by atoms with Gasteiger partial charge in [-0.25, -0.2) is 0 Å². The van der Waals surface area contributed by atoms with E-state index in [1.807, 2.05) is 0 Å². The van der Waals surface area contributed by atoms with E-state index in [1.54, 1.807) is 0 Å². The fraction of sp³-hybridized carbons (Fsp3) is 1.00. The molecular weight excluding hydrogens is 221 g/mol. The predicted octanol–water partition coefficient (Wildman–Crippen LogP) is 3.10. The van der Waals surface area contributed by atoms with Crippen molar-refractivity contribution >= 4 is 0 Å². The Kier molecular flexibility index (Phi) is 5.05. The van der Waals surface area contributed by atoms with Gasteiger partial charge in [0.1, 0.15) is 0 Å². The Balaban J connectivity index is 2.28. The molecule has 0 aliphatic heterocycles. The first kappa shape index (κ1) is 13.8. The second-order valence-corrected chi connectivity index (χ2v) is 4.50. The van der Waals surface area contributed by atoms with Crippen LogP contribution in [0.15, 0.2) is 0 Å². The Labute approximate surface area is 93.8 Å². The minimum absolute atomic E-state index is 0.0407. The smallest absolute Gasteiger partial charge is 0.393 e. The molecule has 0 spiro atoms. The maximum atomic E-state index is 11.8. The molecule has 0 aromatic rings. The van der Waals surface area contributed by atoms with Gasteiger partial charge in [-0.15, -0.1) is 13.2 Å². The van der Waals surface area contributed by atoms with Gasteiger partial charge in [-0.1, -0.05) is 13.3 Å². The number of halogens is 3. The summed E-state index contributed by atoms with van der Waals surface area (Å²) in [6.07, 6.45) is -1.19. The van der Waals surface area contributed by atoms with E-state index in [1.165, 1.54) is 0 Å². The van der Waals surface area contributed by atoms with Gasteiger partial charge in [0.25, 0.3) is 0 Å². The van der Waals surface area contributed by atoms with Crippen LogP contribution < -0.4 is 0 Å². The molecule has 0 bridgehead atoms. The van der Waals surface area contributed by atoms with Crippen LogP contribution in [0.4, 0.5) is 13.2 Å². The van der Waals surface area contributed by atoms with Crippen LogP contribution in [0.1, 0.15) is 39.0 Å². The third kappa shape index (κ3) is 4.70. The van der Waals surface area contributed by atoms with E-state index in [2.05, 4.69) is 11.7 Å². The number of aliphatic hydroxyl groups is 1. The van der Waals surface area contributed by atoms with Gasteiger partial charge in [0, 0.05) is 0 Å². The summed E-state index contributed by atoms with van der Waals surface area (Å²) in [5.74, 6) is 0.500. The molecule has 16 heavy (non-hydrogen) atoms. The summed E-state index contributed by atoms with van der Waals surface area (Å²) >= 11 is 0. The lowest BCUT2D eigenvalue weighted by Gasteiger charge is -2.32. The summed E-state index contributed by atoms with van der Waals surface area (Å²) in [5.41, 5.74) is 0. The van der Waals surface area contributed by atoms with Crippen molar-refractivity contribution in [1.29, 1.82) is 0 Å². The largest absolute Gasteiger partial charge is 0.522 e. The highest BCUT2D eigenvalue weighted by atomic mass is 19.4. The van der Waals surface area contributed by atoms with Gasteiger partial charge in [-0.3, -0.25) is 4.74 Å². The minimum atomic E-state index is -4.55. The zero-order chi connectivity index (χ0) is 12.2. The molecule has 1 aliphatic rings. The van der Waals surface area contributed by atoms with Crippen LogP contribution in [0.25, 0.3) is 0 Å². The Morgan fingerprint density at radius 1 is 1.31 bits per heavy atom. The lowest BCUT2D eigenvalue weighted by atomic mass is 9.77. The summed E-state index contributed by atoms with van der Waals surface area (Å²) in [6.45, 7) is 1.73. The first-order valence-corrected chi connectivity index (χ1v) is 5.81. The molecule has 0 saturated heterocycles. The van der Waals surface area contributed by atoms with E-state index >= 15 is 0 Å². The summed E-state index contributed by atoms with van der Waals surface area (Å²) in [5, 5.41) is 9.67. The Hall–Kier alpha value is -0.290. The quantitative estimate of drug-likeness (QED) is 0.818. The molecule has 1 aliphatic carbocycles.